The maximum absolute atomic E-state index is 13.1. The maximum Gasteiger partial charge on any atom is 0.237 e. The van der Waals surface area contributed by atoms with E-state index in [0.29, 0.717) is 19.6 Å². The zero-order chi connectivity index (χ0) is 16.9. The van der Waals surface area contributed by atoms with Gasteiger partial charge in [0.25, 0.3) is 0 Å². The summed E-state index contributed by atoms with van der Waals surface area (Å²) < 4.78 is 13.1. The Morgan fingerprint density at radius 3 is 2.62 bits per heavy atom. The first-order chi connectivity index (χ1) is 11.6. The van der Waals surface area contributed by atoms with Gasteiger partial charge >= 0.3 is 0 Å². The summed E-state index contributed by atoms with van der Waals surface area (Å²) in [5, 5.41) is 2.85. The molecule has 0 aliphatic carbocycles. The molecule has 7 heteroatoms. The zero-order valence-electron chi connectivity index (χ0n) is 13.5. The highest BCUT2D eigenvalue weighted by molar-refractivity contribution is 7.99. The topological polar surface area (TPSA) is 52.7 Å². The lowest BCUT2D eigenvalue weighted by Crippen LogP contribution is -2.56. The van der Waals surface area contributed by atoms with E-state index in [9.17, 15) is 14.0 Å². The minimum Gasteiger partial charge on any atom is -0.353 e. The van der Waals surface area contributed by atoms with Crippen molar-refractivity contribution in [3.63, 3.8) is 0 Å². The average Bonchev–Trinajstić information content (AvgIpc) is 2.60. The first-order valence-electron chi connectivity index (χ1n) is 8.25. The van der Waals surface area contributed by atoms with Crippen molar-refractivity contribution in [2.24, 2.45) is 0 Å². The lowest BCUT2D eigenvalue weighted by atomic mass is 10.1. The van der Waals surface area contributed by atoms with Crippen molar-refractivity contribution in [1.82, 2.24) is 15.1 Å². The molecule has 1 unspecified atom stereocenters. The van der Waals surface area contributed by atoms with Gasteiger partial charge in [0.1, 0.15) is 5.82 Å². The molecule has 2 amide bonds. The van der Waals surface area contributed by atoms with E-state index in [1.807, 2.05) is 21.6 Å². The van der Waals surface area contributed by atoms with Crippen LogP contribution in [0, 0.1) is 5.82 Å². The number of halogens is 1. The molecule has 1 aromatic rings. The quantitative estimate of drug-likeness (QED) is 0.882. The number of thioether (sulfide) groups is 1. The number of piperazine rings is 1. The smallest absolute Gasteiger partial charge is 0.237 e. The van der Waals surface area contributed by atoms with Crippen molar-refractivity contribution in [2.45, 2.75) is 19.0 Å². The molecule has 130 valence electrons. The van der Waals surface area contributed by atoms with Crippen molar-refractivity contribution in [3.8, 4) is 0 Å². The van der Waals surface area contributed by atoms with E-state index in [1.165, 1.54) is 12.1 Å². The van der Waals surface area contributed by atoms with Crippen LogP contribution < -0.4 is 5.32 Å². The number of hydrogen-bond donors (Lipinski definition) is 1. The number of nitrogens with one attached hydrogen (secondary N) is 1. The van der Waals surface area contributed by atoms with Crippen LogP contribution in [0.5, 0.6) is 0 Å². The molecule has 2 heterocycles. The molecule has 1 aromatic carbocycles. The van der Waals surface area contributed by atoms with Crippen LogP contribution in [-0.4, -0.2) is 65.3 Å². The zero-order valence-corrected chi connectivity index (χ0v) is 14.4. The van der Waals surface area contributed by atoms with Gasteiger partial charge in [-0.05, 0) is 17.7 Å². The second kappa shape index (κ2) is 7.98. The molecule has 3 rings (SSSR count). The van der Waals surface area contributed by atoms with Crippen LogP contribution in [0.3, 0.4) is 0 Å². The van der Waals surface area contributed by atoms with Crippen molar-refractivity contribution >= 4 is 23.6 Å². The summed E-state index contributed by atoms with van der Waals surface area (Å²) >= 11 is 1.85. The van der Waals surface area contributed by atoms with Crippen molar-refractivity contribution < 1.29 is 14.0 Å². The third-order valence-corrected chi connectivity index (χ3v) is 5.41. The highest BCUT2D eigenvalue weighted by Crippen LogP contribution is 2.17. The maximum atomic E-state index is 13.1. The summed E-state index contributed by atoms with van der Waals surface area (Å²) in [6.45, 7) is 3.33. The van der Waals surface area contributed by atoms with Gasteiger partial charge in [-0.15, -0.1) is 0 Å². The lowest BCUT2D eigenvalue weighted by molar-refractivity contribution is -0.138. The Morgan fingerprint density at radius 1 is 1.21 bits per heavy atom. The minimum absolute atomic E-state index is 0.0430. The van der Waals surface area contributed by atoms with Crippen molar-refractivity contribution in [1.29, 1.82) is 0 Å². The van der Waals surface area contributed by atoms with Gasteiger partial charge < -0.3 is 10.2 Å². The normalized spacial score (nSPS) is 22.3. The van der Waals surface area contributed by atoms with Gasteiger partial charge in [0.2, 0.25) is 11.8 Å². The summed E-state index contributed by atoms with van der Waals surface area (Å²) in [5.41, 5.74) is 0.943. The molecule has 24 heavy (non-hydrogen) atoms. The molecule has 0 bridgehead atoms. The van der Waals surface area contributed by atoms with E-state index < -0.39 is 6.04 Å². The first kappa shape index (κ1) is 17.2. The van der Waals surface area contributed by atoms with Gasteiger partial charge in [0.15, 0.2) is 0 Å². The van der Waals surface area contributed by atoms with Gasteiger partial charge in [0, 0.05) is 44.2 Å². The number of amides is 2. The molecule has 1 atom stereocenters. The third kappa shape index (κ3) is 4.27. The molecule has 0 radical (unpaired) electrons. The van der Waals surface area contributed by atoms with Crippen LogP contribution >= 0.6 is 11.8 Å². The van der Waals surface area contributed by atoms with E-state index in [2.05, 4.69) is 5.32 Å². The number of rotatable bonds is 4. The number of nitrogens with zero attached hydrogens (tertiary/aromatic N) is 2. The Labute approximate surface area is 145 Å². The standard InChI is InChI=1S/C17H22FN3O2S/c18-14-3-1-13(2-4-14)12-21-6-5-19-17(23)15(21)11-16(22)20-7-9-24-10-8-20/h1-4,15H,5-12H2,(H,19,23). The minimum atomic E-state index is -0.453. The summed E-state index contributed by atoms with van der Waals surface area (Å²) in [6.07, 6.45) is 0.206. The number of carbonyl (C=O) groups excluding carboxylic acids is 2. The second-order valence-corrected chi connectivity index (χ2v) is 7.33. The number of carbonyl (C=O) groups is 2. The van der Waals surface area contributed by atoms with Gasteiger partial charge in [-0.1, -0.05) is 12.1 Å². The van der Waals surface area contributed by atoms with E-state index in [-0.39, 0.29) is 24.1 Å². The number of benzene rings is 1. The van der Waals surface area contributed by atoms with Crippen molar-refractivity contribution in [3.05, 3.63) is 35.6 Å². The Bertz CT molecular complexity index is 590. The fourth-order valence-electron chi connectivity index (χ4n) is 3.10. The van der Waals surface area contributed by atoms with Gasteiger partial charge in [-0.25, -0.2) is 4.39 Å². The highest BCUT2D eigenvalue weighted by atomic mass is 32.2. The summed E-state index contributed by atoms with van der Waals surface area (Å²) in [5.74, 6) is 1.60. The Hall–Kier alpha value is -1.60. The highest BCUT2D eigenvalue weighted by Gasteiger charge is 2.33. The lowest BCUT2D eigenvalue weighted by Gasteiger charge is -2.36. The third-order valence-electron chi connectivity index (χ3n) is 4.47. The Balaban J connectivity index is 1.66. The second-order valence-electron chi connectivity index (χ2n) is 6.10. The molecule has 1 N–H and O–H groups in total. The molecular formula is C17H22FN3O2S. The molecule has 2 aliphatic rings. The van der Waals surface area contributed by atoms with Crippen LogP contribution in [0.25, 0.3) is 0 Å². The van der Waals surface area contributed by atoms with Crippen LogP contribution in [0.2, 0.25) is 0 Å². The SMILES string of the molecule is O=C1NCCN(Cc2ccc(F)cc2)C1CC(=O)N1CCSCC1. The molecule has 5 nitrogen and oxygen atoms in total. The van der Waals surface area contributed by atoms with Gasteiger partial charge in [-0.2, -0.15) is 11.8 Å². The average molecular weight is 351 g/mol. The summed E-state index contributed by atoms with van der Waals surface area (Å²) in [6, 6.07) is 5.84. The molecule has 0 spiro atoms. The van der Waals surface area contributed by atoms with Crippen LogP contribution in [0.1, 0.15) is 12.0 Å². The Kier molecular flexibility index (Phi) is 5.73. The predicted molar refractivity (Wildman–Crippen MR) is 92.1 cm³/mol. The van der Waals surface area contributed by atoms with Crippen LogP contribution in [-0.2, 0) is 16.1 Å². The number of hydrogen-bond acceptors (Lipinski definition) is 4. The first-order valence-corrected chi connectivity index (χ1v) is 9.40. The van der Waals surface area contributed by atoms with E-state index in [4.69, 9.17) is 0 Å². The fraction of sp³-hybridized carbons (Fsp3) is 0.529. The van der Waals surface area contributed by atoms with E-state index >= 15 is 0 Å². The summed E-state index contributed by atoms with van der Waals surface area (Å²) in [4.78, 5) is 28.7. The molecule has 2 fully saturated rings. The van der Waals surface area contributed by atoms with Crippen molar-refractivity contribution in [2.75, 3.05) is 37.7 Å². The summed E-state index contributed by atoms with van der Waals surface area (Å²) in [7, 11) is 0. The molecule has 2 saturated heterocycles. The van der Waals surface area contributed by atoms with Gasteiger partial charge in [-0.3, -0.25) is 14.5 Å². The van der Waals surface area contributed by atoms with E-state index in [1.54, 1.807) is 12.1 Å². The molecule has 0 saturated carbocycles. The molecular weight excluding hydrogens is 329 g/mol. The van der Waals surface area contributed by atoms with Crippen LogP contribution in [0.4, 0.5) is 4.39 Å². The predicted octanol–water partition coefficient (Wildman–Crippen LogP) is 1.09. The van der Waals surface area contributed by atoms with E-state index in [0.717, 1.165) is 30.2 Å². The molecule has 2 aliphatic heterocycles. The van der Waals surface area contributed by atoms with Crippen LogP contribution in [0.15, 0.2) is 24.3 Å². The largest absolute Gasteiger partial charge is 0.353 e. The monoisotopic (exact) mass is 351 g/mol. The Morgan fingerprint density at radius 2 is 1.92 bits per heavy atom. The van der Waals surface area contributed by atoms with Gasteiger partial charge in [0.05, 0.1) is 12.5 Å². The fourth-order valence-corrected chi connectivity index (χ4v) is 4.01. The molecule has 0 aromatic heterocycles.